The number of thioether (sulfide) groups is 1. The van der Waals surface area contributed by atoms with Crippen molar-refractivity contribution in [2.45, 2.75) is 50.5 Å². The van der Waals surface area contributed by atoms with Crippen LogP contribution in [0.3, 0.4) is 0 Å². The zero-order valence-corrected chi connectivity index (χ0v) is 10.2. The van der Waals surface area contributed by atoms with Crippen LogP contribution < -0.4 is 0 Å². The van der Waals surface area contributed by atoms with Crippen LogP contribution in [0.5, 0.6) is 0 Å². The first kappa shape index (κ1) is 11.7. The van der Waals surface area contributed by atoms with Gasteiger partial charge in [-0.3, -0.25) is 0 Å². The Morgan fingerprint density at radius 2 is 1.67 bits per heavy atom. The van der Waals surface area contributed by atoms with Crippen molar-refractivity contribution < 1.29 is 10.2 Å². The summed E-state index contributed by atoms with van der Waals surface area (Å²) in [5, 5.41) is 20.4. The lowest BCUT2D eigenvalue weighted by molar-refractivity contribution is -0.0999. The van der Waals surface area contributed by atoms with Crippen LogP contribution >= 0.6 is 11.8 Å². The predicted octanol–water partition coefficient (Wildman–Crippen LogP) is 2.19. The molecule has 1 unspecified atom stereocenters. The van der Waals surface area contributed by atoms with Crippen LogP contribution in [0.15, 0.2) is 0 Å². The predicted molar refractivity (Wildman–Crippen MR) is 64.1 cm³/mol. The Morgan fingerprint density at radius 3 is 2.13 bits per heavy atom. The molecule has 2 fully saturated rings. The van der Waals surface area contributed by atoms with Gasteiger partial charge in [0.2, 0.25) is 0 Å². The number of rotatable bonds is 2. The maximum atomic E-state index is 10.7. The highest BCUT2D eigenvalue weighted by molar-refractivity contribution is 7.99. The average Bonchev–Trinajstić information content (AvgIpc) is 2.57. The summed E-state index contributed by atoms with van der Waals surface area (Å²) in [6, 6.07) is 0. The van der Waals surface area contributed by atoms with E-state index in [1.165, 1.54) is 25.7 Å². The molecule has 1 heterocycles. The van der Waals surface area contributed by atoms with E-state index in [4.69, 9.17) is 0 Å². The first-order valence-corrected chi connectivity index (χ1v) is 7.29. The fraction of sp³-hybridized carbons (Fsp3) is 1.00. The Bertz CT molecular complexity index is 204. The Labute approximate surface area is 96.5 Å². The van der Waals surface area contributed by atoms with Gasteiger partial charge < -0.3 is 10.2 Å². The lowest BCUT2D eigenvalue weighted by Gasteiger charge is -2.43. The Morgan fingerprint density at radius 1 is 1.00 bits per heavy atom. The van der Waals surface area contributed by atoms with Crippen LogP contribution in [0.2, 0.25) is 0 Å². The van der Waals surface area contributed by atoms with E-state index < -0.39 is 5.60 Å². The van der Waals surface area contributed by atoms with Gasteiger partial charge in [-0.2, -0.15) is 11.8 Å². The minimum atomic E-state index is -0.587. The maximum Gasteiger partial charge on any atom is 0.0823 e. The van der Waals surface area contributed by atoms with Crippen LogP contribution in [0.1, 0.15) is 44.9 Å². The molecule has 0 radical (unpaired) electrons. The molecule has 1 atom stereocenters. The van der Waals surface area contributed by atoms with Crippen molar-refractivity contribution in [3.05, 3.63) is 0 Å². The molecule has 2 aliphatic rings. The molecule has 0 spiro atoms. The molecule has 1 aliphatic carbocycles. The molecule has 2 rings (SSSR count). The van der Waals surface area contributed by atoms with Crippen molar-refractivity contribution >= 4 is 11.8 Å². The molecule has 0 aromatic carbocycles. The Kier molecular flexibility index (Phi) is 3.63. The first-order chi connectivity index (χ1) is 7.22. The minimum absolute atomic E-state index is 0.171. The molecule has 3 heteroatoms. The summed E-state index contributed by atoms with van der Waals surface area (Å²) in [6.45, 7) is 0.171. The van der Waals surface area contributed by atoms with Crippen LogP contribution in [0.4, 0.5) is 0 Å². The molecule has 1 saturated carbocycles. The standard InChI is InChI=1S/C12H22O2S/c13-9-11(5-3-1-2-4-6-11)12(14)7-8-15-10-12/h13-14H,1-10H2. The molecule has 1 aliphatic heterocycles. The second-order valence-electron chi connectivity index (χ2n) is 5.19. The molecule has 2 N–H and O–H groups in total. The Balaban J connectivity index is 2.17. The maximum absolute atomic E-state index is 10.7. The molecule has 88 valence electrons. The van der Waals surface area contributed by atoms with Crippen LogP contribution in [-0.4, -0.2) is 33.9 Å². The van der Waals surface area contributed by atoms with Gasteiger partial charge in [-0.15, -0.1) is 0 Å². The fourth-order valence-electron chi connectivity index (χ4n) is 3.15. The number of hydrogen-bond donors (Lipinski definition) is 2. The van der Waals surface area contributed by atoms with Crippen LogP contribution in [-0.2, 0) is 0 Å². The molecular weight excluding hydrogens is 208 g/mol. The summed E-state index contributed by atoms with van der Waals surface area (Å²) in [5.41, 5.74) is -0.774. The fourth-order valence-corrected chi connectivity index (χ4v) is 4.56. The van der Waals surface area contributed by atoms with Gasteiger partial charge >= 0.3 is 0 Å². The van der Waals surface area contributed by atoms with Gasteiger partial charge in [0.1, 0.15) is 0 Å². The summed E-state index contributed by atoms with van der Waals surface area (Å²) < 4.78 is 0. The molecular formula is C12H22O2S. The van der Waals surface area contributed by atoms with E-state index in [0.29, 0.717) is 0 Å². The van der Waals surface area contributed by atoms with Gasteiger partial charge in [0.25, 0.3) is 0 Å². The van der Waals surface area contributed by atoms with Gasteiger partial charge in [-0.1, -0.05) is 25.7 Å². The molecule has 0 bridgehead atoms. The lowest BCUT2D eigenvalue weighted by Crippen LogP contribution is -2.50. The molecule has 15 heavy (non-hydrogen) atoms. The quantitative estimate of drug-likeness (QED) is 0.714. The second-order valence-corrected chi connectivity index (χ2v) is 6.29. The van der Waals surface area contributed by atoms with E-state index in [9.17, 15) is 10.2 Å². The van der Waals surface area contributed by atoms with Crippen molar-refractivity contribution in [2.75, 3.05) is 18.1 Å². The molecule has 0 amide bonds. The third-order valence-corrected chi connectivity index (χ3v) is 5.53. The highest BCUT2D eigenvalue weighted by atomic mass is 32.2. The van der Waals surface area contributed by atoms with Crippen molar-refractivity contribution in [2.24, 2.45) is 5.41 Å². The molecule has 2 nitrogen and oxygen atoms in total. The van der Waals surface area contributed by atoms with Gasteiger partial charge in [0.05, 0.1) is 12.2 Å². The van der Waals surface area contributed by atoms with Crippen LogP contribution in [0.25, 0.3) is 0 Å². The molecule has 0 aromatic rings. The largest absolute Gasteiger partial charge is 0.396 e. The first-order valence-electron chi connectivity index (χ1n) is 6.13. The third kappa shape index (κ3) is 2.06. The molecule has 1 saturated heterocycles. The highest BCUT2D eigenvalue weighted by Gasteiger charge is 2.51. The van der Waals surface area contributed by atoms with E-state index in [1.54, 1.807) is 0 Å². The minimum Gasteiger partial charge on any atom is -0.396 e. The Hall–Kier alpha value is 0.270. The van der Waals surface area contributed by atoms with Gasteiger partial charge in [-0.25, -0.2) is 0 Å². The highest BCUT2D eigenvalue weighted by Crippen LogP contribution is 2.49. The van der Waals surface area contributed by atoms with E-state index in [-0.39, 0.29) is 12.0 Å². The van der Waals surface area contributed by atoms with E-state index >= 15 is 0 Å². The van der Waals surface area contributed by atoms with Crippen LogP contribution in [0, 0.1) is 5.41 Å². The summed E-state index contributed by atoms with van der Waals surface area (Å²) in [5.74, 6) is 1.88. The number of aliphatic hydroxyl groups excluding tert-OH is 1. The van der Waals surface area contributed by atoms with E-state index in [1.807, 2.05) is 11.8 Å². The van der Waals surface area contributed by atoms with Crippen molar-refractivity contribution in [1.82, 2.24) is 0 Å². The summed E-state index contributed by atoms with van der Waals surface area (Å²) >= 11 is 1.83. The number of hydrogen-bond acceptors (Lipinski definition) is 3. The smallest absolute Gasteiger partial charge is 0.0823 e. The summed E-state index contributed by atoms with van der Waals surface area (Å²) in [4.78, 5) is 0. The van der Waals surface area contributed by atoms with Gasteiger partial charge in [-0.05, 0) is 25.0 Å². The van der Waals surface area contributed by atoms with E-state index in [2.05, 4.69) is 0 Å². The average molecular weight is 230 g/mol. The monoisotopic (exact) mass is 230 g/mol. The van der Waals surface area contributed by atoms with E-state index in [0.717, 1.165) is 30.8 Å². The van der Waals surface area contributed by atoms with Crippen molar-refractivity contribution in [3.63, 3.8) is 0 Å². The van der Waals surface area contributed by atoms with Crippen molar-refractivity contribution in [3.8, 4) is 0 Å². The molecule has 0 aromatic heterocycles. The van der Waals surface area contributed by atoms with Gasteiger partial charge in [0, 0.05) is 11.2 Å². The second kappa shape index (κ2) is 4.64. The zero-order valence-electron chi connectivity index (χ0n) is 9.37. The topological polar surface area (TPSA) is 40.5 Å². The number of aliphatic hydroxyl groups is 2. The van der Waals surface area contributed by atoms with Gasteiger partial charge in [0.15, 0.2) is 0 Å². The summed E-state index contributed by atoms with van der Waals surface area (Å²) in [7, 11) is 0. The summed E-state index contributed by atoms with van der Waals surface area (Å²) in [6.07, 6.45) is 7.79. The van der Waals surface area contributed by atoms with Crippen molar-refractivity contribution in [1.29, 1.82) is 0 Å². The third-order valence-electron chi connectivity index (χ3n) is 4.35. The lowest BCUT2D eigenvalue weighted by atomic mass is 9.67. The zero-order chi connectivity index (χ0) is 10.8. The SMILES string of the molecule is OCC1(C2(O)CCSC2)CCCCCC1. The normalized spacial score (nSPS) is 36.4.